The van der Waals surface area contributed by atoms with Crippen molar-refractivity contribution in [3.8, 4) is 0 Å². The molecule has 7 nitrogen and oxygen atoms in total. The lowest BCUT2D eigenvalue weighted by atomic mass is 9.96. The van der Waals surface area contributed by atoms with Gasteiger partial charge in [0.25, 0.3) is 0 Å². The van der Waals surface area contributed by atoms with E-state index in [0.29, 0.717) is 19.0 Å². The second kappa shape index (κ2) is 8.58. The molecule has 0 bridgehead atoms. The minimum absolute atomic E-state index is 0.0917. The molecule has 2 rings (SSSR count). The van der Waals surface area contributed by atoms with Crippen molar-refractivity contribution in [1.29, 1.82) is 0 Å². The molecule has 1 aliphatic heterocycles. The molecule has 0 aromatic carbocycles. The van der Waals surface area contributed by atoms with Crippen LogP contribution in [0.4, 0.5) is 0 Å². The first kappa shape index (κ1) is 18.9. The Kier molecular flexibility index (Phi) is 6.74. The quantitative estimate of drug-likeness (QED) is 0.758. The van der Waals surface area contributed by atoms with E-state index in [2.05, 4.69) is 53.0 Å². The van der Waals surface area contributed by atoms with Crippen LogP contribution in [0.3, 0.4) is 0 Å². The zero-order chi connectivity index (χ0) is 17.6. The van der Waals surface area contributed by atoms with Gasteiger partial charge in [0.2, 0.25) is 11.8 Å². The van der Waals surface area contributed by atoms with E-state index in [1.54, 1.807) is 0 Å². The van der Waals surface area contributed by atoms with Gasteiger partial charge in [0, 0.05) is 38.1 Å². The van der Waals surface area contributed by atoms with E-state index in [1.807, 2.05) is 0 Å². The number of nitrogens with one attached hydrogen (secondary N) is 1. The van der Waals surface area contributed by atoms with Crippen LogP contribution in [0.5, 0.6) is 0 Å². The minimum atomic E-state index is -0.0917. The van der Waals surface area contributed by atoms with Crippen molar-refractivity contribution in [3.05, 3.63) is 11.7 Å². The third kappa shape index (κ3) is 5.87. The average molecular weight is 337 g/mol. The first-order valence-electron chi connectivity index (χ1n) is 8.93. The molecule has 0 radical (unpaired) electrons. The SMILES string of the molecule is CCCCNC(=O)CN1CCN(Cc2nc(C(C)(C)C)no2)CC1. The van der Waals surface area contributed by atoms with E-state index in [0.717, 1.165) is 51.4 Å². The van der Waals surface area contributed by atoms with E-state index in [9.17, 15) is 4.79 Å². The molecule has 1 N–H and O–H groups in total. The molecule has 0 saturated carbocycles. The van der Waals surface area contributed by atoms with Crippen molar-refractivity contribution in [1.82, 2.24) is 25.3 Å². The summed E-state index contributed by atoms with van der Waals surface area (Å²) in [4.78, 5) is 20.8. The van der Waals surface area contributed by atoms with Gasteiger partial charge in [-0.2, -0.15) is 4.98 Å². The van der Waals surface area contributed by atoms with Crippen molar-refractivity contribution in [2.24, 2.45) is 0 Å². The predicted octanol–water partition coefficient (Wildman–Crippen LogP) is 1.40. The molecule has 0 spiro atoms. The molecular weight excluding hydrogens is 306 g/mol. The Bertz CT molecular complexity index is 515. The molecule has 24 heavy (non-hydrogen) atoms. The molecule has 1 aromatic heterocycles. The third-order valence-corrected chi connectivity index (χ3v) is 4.18. The number of amides is 1. The average Bonchev–Trinajstić information content (AvgIpc) is 2.98. The predicted molar refractivity (Wildman–Crippen MR) is 92.6 cm³/mol. The summed E-state index contributed by atoms with van der Waals surface area (Å²) < 4.78 is 5.36. The molecule has 1 amide bonds. The van der Waals surface area contributed by atoms with Crippen LogP contribution in [0.15, 0.2) is 4.52 Å². The standard InChI is InChI=1S/C17H31N5O2/c1-5-6-7-18-14(23)12-21-8-10-22(11-9-21)13-15-19-16(20-24-15)17(2,3)4/h5-13H2,1-4H3,(H,18,23). The Morgan fingerprint density at radius 3 is 2.46 bits per heavy atom. The van der Waals surface area contributed by atoms with E-state index in [1.165, 1.54) is 0 Å². The Balaban J connectivity index is 1.71. The van der Waals surface area contributed by atoms with Gasteiger partial charge in [-0.1, -0.05) is 39.3 Å². The molecule has 136 valence electrons. The highest BCUT2D eigenvalue weighted by atomic mass is 16.5. The molecule has 1 aliphatic rings. The van der Waals surface area contributed by atoms with Crippen LogP contribution in [0, 0.1) is 0 Å². The highest BCUT2D eigenvalue weighted by molar-refractivity contribution is 5.77. The van der Waals surface area contributed by atoms with Crippen molar-refractivity contribution in [2.45, 2.75) is 52.5 Å². The van der Waals surface area contributed by atoms with Crippen LogP contribution in [-0.2, 0) is 16.8 Å². The number of rotatable bonds is 7. The van der Waals surface area contributed by atoms with E-state index < -0.39 is 0 Å². The molecule has 2 heterocycles. The van der Waals surface area contributed by atoms with Gasteiger partial charge >= 0.3 is 0 Å². The second-order valence-electron chi connectivity index (χ2n) is 7.52. The normalized spacial score (nSPS) is 17.2. The van der Waals surface area contributed by atoms with Gasteiger partial charge in [0.15, 0.2) is 5.82 Å². The summed E-state index contributed by atoms with van der Waals surface area (Å²) in [6.07, 6.45) is 2.14. The van der Waals surface area contributed by atoms with Gasteiger partial charge in [-0.05, 0) is 6.42 Å². The molecular formula is C17H31N5O2. The van der Waals surface area contributed by atoms with Gasteiger partial charge in [0.1, 0.15) is 0 Å². The Morgan fingerprint density at radius 1 is 1.21 bits per heavy atom. The van der Waals surface area contributed by atoms with Crippen LogP contribution in [0.2, 0.25) is 0 Å². The first-order valence-corrected chi connectivity index (χ1v) is 8.93. The van der Waals surface area contributed by atoms with Crippen molar-refractivity contribution >= 4 is 5.91 Å². The second-order valence-corrected chi connectivity index (χ2v) is 7.52. The number of unbranched alkanes of at least 4 members (excludes halogenated alkanes) is 1. The summed E-state index contributed by atoms with van der Waals surface area (Å²) in [7, 11) is 0. The van der Waals surface area contributed by atoms with Gasteiger partial charge in [-0.3, -0.25) is 14.6 Å². The van der Waals surface area contributed by atoms with Crippen LogP contribution in [-0.4, -0.2) is 65.1 Å². The van der Waals surface area contributed by atoms with Gasteiger partial charge < -0.3 is 9.84 Å². The van der Waals surface area contributed by atoms with E-state index in [4.69, 9.17) is 4.52 Å². The number of hydrogen-bond donors (Lipinski definition) is 1. The maximum absolute atomic E-state index is 11.9. The topological polar surface area (TPSA) is 74.5 Å². The summed E-state index contributed by atoms with van der Waals surface area (Å²) in [6, 6.07) is 0. The van der Waals surface area contributed by atoms with E-state index >= 15 is 0 Å². The molecule has 1 aromatic rings. The largest absolute Gasteiger partial charge is 0.355 e. The van der Waals surface area contributed by atoms with Crippen LogP contribution in [0.25, 0.3) is 0 Å². The van der Waals surface area contributed by atoms with Crippen LogP contribution in [0.1, 0.15) is 52.3 Å². The number of carbonyl (C=O) groups excluding carboxylic acids is 1. The van der Waals surface area contributed by atoms with Gasteiger partial charge in [0.05, 0.1) is 13.1 Å². The van der Waals surface area contributed by atoms with Crippen molar-refractivity contribution < 1.29 is 9.32 Å². The number of carbonyl (C=O) groups is 1. The zero-order valence-corrected chi connectivity index (χ0v) is 15.5. The van der Waals surface area contributed by atoms with Crippen LogP contribution < -0.4 is 5.32 Å². The van der Waals surface area contributed by atoms with Gasteiger partial charge in [-0.15, -0.1) is 0 Å². The number of piperazine rings is 1. The molecule has 1 fully saturated rings. The molecule has 1 saturated heterocycles. The van der Waals surface area contributed by atoms with Crippen molar-refractivity contribution in [2.75, 3.05) is 39.3 Å². The smallest absolute Gasteiger partial charge is 0.240 e. The molecule has 0 atom stereocenters. The lowest BCUT2D eigenvalue weighted by Crippen LogP contribution is -2.49. The summed E-state index contributed by atoms with van der Waals surface area (Å²) in [5.74, 6) is 1.55. The summed E-state index contributed by atoms with van der Waals surface area (Å²) >= 11 is 0. The molecule has 7 heteroatoms. The lowest BCUT2D eigenvalue weighted by Gasteiger charge is -2.33. The maximum atomic E-state index is 11.9. The Morgan fingerprint density at radius 2 is 1.88 bits per heavy atom. The van der Waals surface area contributed by atoms with Gasteiger partial charge in [-0.25, -0.2) is 0 Å². The van der Waals surface area contributed by atoms with Crippen LogP contribution >= 0.6 is 0 Å². The zero-order valence-electron chi connectivity index (χ0n) is 15.5. The highest BCUT2D eigenvalue weighted by Crippen LogP contribution is 2.19. The Hall–Kier alpha value is -1.47. The lowest BCUT2D eigenvalue weighted by molar-refractivity contribution is -0.122. The fourth-order valence-electron chi connectivity index (χ4n) is 2.58. The minimum Gasteiger partial charge on any atom is -0.355 e. The molecule has 0 unspecified atom stereocenters. The highest BCUT2D eigenvalue weighted by Gasteiger charge is 2.23. The fourth-order valence-corrected chi connectivity index (χ4v) is 2.58. The fraction of sp³-hybridized carbons (Fsp3) is 0.824. The Labute approximate surface area is 144 Å². The summed E-state index contributed by atoms with van der Waals surface area (Å²) in [6.45, 7) is 13.9. The number of hydrogen-bond acceptors (Lipinski definition) is 6. The van der Waals surface area contributed by atoms with Crippen molar-refractivity contribution in [3.63, 3.8) is 0 Å². The third-order valence-electron chi connectivity index (χ3n) is 4.18. The first-order chi connectivity index (χ1) is 11.4. The summed E-state index contributed by atoms with van der Waals surface area (Å²) in [5.41, 5.74) is -0.0917. The van der Waals surface area contributed by atoms with E-state index in [-0.39, 0.29) is 11.3 Å². The monoisotopic (exact) mass is 337 g/mol. The number of aromatic nitrogens is 2. The maximum Gasteiger partial charge on any atom is 0.240 e. The number of nitrogens with zero attached hydrogens (tertiary/aromatic N) is 4. The molecule has 0 aliphatic carbocycles. The summed E-state index contributed by atoms with van der Waals surface area (Å²) in [5, 5.41) is 7.04.